The molecule has 150 valence electrons. The Balaban J connectivity index is 1.59. The van der Waals surface area contributed by atoms with Gasteiger partial charge in [-0.15, -0.1) is 0 Å². The third-order valence-electron chi connectivity index (χ3n) is 5.48. The standard InChI is InChI=1S/C22H21ClFN3O2/c23-17-10-9-16(24)13-18(17)25-19(28)14-27-21(29)20(15-7-3-1-4-8-15)26-22(27)11-5-2-6-12-22/h1,3-4,7-10,13H,2,5-6,11-12,14H2,(H,25,28). The monoisotopic (exact) mass is 413 g/mol. The van der Waals surface area contributed by atoms with Crippen molar-refractivity contribution in [1.29, 1.82) is 0 Å². The molecule has 1 fully saturated rings. The van der Waals surface area contributed by atoms with E-state index in [1.807, 2.05) is 30.3 Å². The molecule has 2 aromatic carbocycles. The van der Waals surface area contributed by atoms with Gasteiger partial charge in [0.15, 0.2) is 0 Å². The van der Waals surface area contributed by atoms with Gasteiger partial charge in [0.25, 0.3) is 5.91 Å². The first-order valence-electron chi connectivity index (χ1n) is 9.71. The summed E-state index contributed by atoms with van der Waals surface area (Å²) >= 11 is 6.05. The average Bonchev–Trinajstić information content (AvgIpc) is 2.98. The number of carbonyl (C=O) groups excluding carboxylic acids is 2. The second kappa shape index (κ2) is 7.95. The fourth-order valence-electron chi connectivity index (χ4n) is 4.06. The number of hydrogen-bond acceptors (Lipinski definition) is 3. The van der Waals surface area contributed by atoms with Crippen LogP contribution < -0.4 is 5.32 Å². The second-order valence-corrected chi connectivity index (χ2v) is 7.84. The number of amides is 2. The van der Waals surface area contributed by atoms with Crippen LogP contribution in [-0.2, 0) is 9.59 Å². The van der Waals surface area contributed by atoms with Gasteiger partial charge in [-0.3, -0.25) is 14.6 Å². The van der Waals surface area contributed by atoms with Crippen LogP contribution in [0.1, 0.15) is 37.7 Å². The van der Waals surface area contributed by atoms with Crippen LogP contribution in [0.25, 0.3) is 0 Å². The molecule has 0 aromatic heterocycles. The molecule has 2 amide bonds. The number of nitrogens with zero attached hydrogens (tertiary/aromatic N) is 2. The zero-order valence-electron chi connectivity index (χ0n) is 15.8. The number of hydrogen-bond donors (Lipinski definition) is 1. The predicted octanol–water partition coefficient (Wildman–Crippen LogP) is 4.41. The van der Waals surface area contributed by atoms with Crippen LogP contribution >= 0.6 is 11.6 Å². The highest BCUT2D eigenvalue weighted by atomic mass is 35.5. The molecule has 1 saturated carbocycles. The minimum absolute atomic E-state index is 0.161. The molecule has 4 rings (SSSR count). The van der Waals surface area contributed by atoms with Gasteiger partial charge in [0.1, 0.15) is 23.7 Å². The van der Waals surface area contributed by atoms with Gasteiger partial charge in [0, 0.05) is 5.56 Å². The summed E-state index contributed by atoms with van der Waals surface area (Å²) in [6, 6.07) is 13.1. The van der Waals surface area contributed by atoms with Crippen LogP contribution in [0.4, 0.5) is 10.1 Å². The van der Waals surface area contributed by atoms with Crippen molar-refractivity contribution in [2.24, 2.45) is 4.99 Å². The van der Waals surface area contributed by atoms with Crippen LogP contribution in [0.5, 0.6) is 0 Å². The molecule has 29 heavy (non-hydrogen) atoms. The van der Waals surface area contributed by atoms with Gasteiger partial charge < -0.3 is 10.2 Å². The Bertz CT molecular complexity index is 971. The molecule has 2 aliphatic rings. The summed E-state index contributed by atoms with van der Waals surface area (Å²) in [7, 11) is 0. The third-order valence-corrected chi connectivity index (χ3v) is 5.81. The average molecular weight is 414 g/mol. The van der Waals surface area contributed by atoms with Crippen LogP contribution in [0, 0.1) is 5.82 Å². The first kappa shape index (κ1) is 19.6. The molecule has 1 aliphatic carbocycles. The van der Waals surface area contributed by atoms with Gasteiger partial charge in [0.2, 0.25) is 5.91 Å². The molecule has 1 heterocycles. The minimum atomic E-state index is -0.691. The normalized spacial score (nSPS) is 18.1. The molecule has 2 aromatic rings. The van der Waals surface area contributed by atoms with Crippen molar-refractivity contribution in [3.8, 4) is 0 Å². The molecule has 7 heteroatoms. The molecular weight excluding hydrogens is 393 g/mol. The maximum absolute atomic E-state index is 13.5. The van der Waals surface area contributed by atoms with E-state index in [9.17, 15) is 14.0 Å². The van der Waals surface area contributed by atoms with E-state index in [1.54, 1.807) is 4.90 Å². The Morgan fingerprint density at radius 2 is 1.86 bits per heavy atom. The van der Waals surface area contributed by atoms with Crippen molar-refractivity contribution in [3.05, 3.63) is 64.9 Å². The molecule has 1 N–H and O–H groups in total. The number of halogens is 2. The van der Waals surface area contributed by atoms with Gasteiger partial charge >= 0.3 is 0 Å². The van der Waals surface area contributed by atoms with Crippen molar-refractivity contribution in [2.45, 2.75) is 37.8 Å². The molecule has 5 nitrogen and oxygen atoms in total. The minimum Gasteiger partial charge on any atom is -0.323 e. The van der Waals surface area contributed by atoms with E-state index >= 15 is 0 Å². The van der Waals surface area contributed by atoms with Gasteiger partial charge in [-0.25, -0.2) is 4.39 Å². The van der Waals surface area contributed by atoms with Crippen LogP contribution in [0.2, 0.25) is 5.02 Å². The lowest BCUT2D eigenvalue weighted by Gasteiger charge is -2.38. The highest BCUT2D eigenvalue weighted by Gasteiger charge is 2.48. The molecule has 0 saturated heterocycles. The highest BCUT2D eigenvalue weighted by molar-refractivity contribution is 6.47. The number of benzene rings is 2. The summed E-state index contributed by atoms with van der Waals surface area (Å²) in [4.78, 5) is 32.3. The number of rotatable bonds is 4. The fourth-order valence-corrected chi connectivity index (χ4v) is 4.23. The molecule has 0 atom stereocenters. The number of anilines is 1. The molecule has 1 aliphatic heterocycles. The predicted molar refractivity (Wildman–Crippen MR) is 111 cm³/mol. The number of carbonyl (C=O) groups is 2. The van der Waals surface area contributed by atoms with E-state index in [0.717, 1.165) is 43.7 Å². The first-order chi connectivity index (χ1) is 14.0. The van der Waals surface area contributed by atoms with E-state index < -0.39 is 17.4 Å². The van der Waals surface area contributed by atoms with Crippen LogP contribution in [-0.4, -0.2) is 34.6 Å². The number of nitrogens with one attached hydrogen (secondary N) is 1. The van der Waals surface area contributed by atoms with E-state index in [0.29, 0.717) is 5.71 Å². The largest absolute Gasteiger partial charge is 0.323 e. The van der Waals surface area contributed by atoms with Crippen molar-refractivity contribution in [1.82, 2.24) is 4.90 Å². The van der Waals surface area contributed by atoms with Gasteiger partial charge in [0.05, 0.1) is 10.7 Å². The summed E-state index contributed by atoms with van der Waals surface area (Å²) in [5.74, 6) is -1.18. The van der Waals surface area contributed by atoms with Crippen LogP contribution in [0.15, 0.2) is 53.5 Å². The van der Waals surface area contributed by atoms with Crippen molar-refractivity contribution < 1.29 is 14.0 Å². The van der Waals surface area contributed by atoms with Gasteiger partial charge in [-0.05, 0) is 43.9 Å². The van der Waals surface area contributed by atoms with E-state index in [2.05, 4.69) is 5.32 Å². The van der Waals surface area contributed by atoms with Gasteiger partial charge in [-0.2, -0.15) is 0 Å². The number of aliphatic imine (C=N–C) groups is 1. The Morgan fingerprint density at radius 3 is 2.59 bits per heavy atom. The molecule has 0 bridgehead atoms. The zero-order chi connectivity index (χ0) is 20.4. The van der Waals surface area contributed by atoms with Crippen molar-refractivity contribution in [2.75, 3.05) is 11.9 Å². The molecule has 0 unspecified atom stereocenters. The zero-order valence-corrected chi connectivity index (χ0v) is 16.6. The molecular formula is C22H21ClFN3O2. The lowest BCUT2D eigenvalue weighted by molar-refractivity contribution is -0.134. The quantitative estimate of drug-likeness (QED) is 0.807. The Kier molecular flexibility index (Phi) is 5.37. The van der Waals surface area contributed by atoms with E-state index in [-0.39, 0.29) is 23.2 Å². The van der Waals surface area contributed by atoms with Crippen molar-refractivity contribution in [3.63, 3.8) is 0 Å². The van der Waals surface area contributed by atoms with E-state index in [4.69, 9.17) is 16.6 Å². The summed E-state index contributed by atoms with van der Waals surface area (Å²) in [6.07, 6.45) is 4.44. The third kappa shape index (κ3) is 3.90. The lowest BCUT2D eigenvalue weighted by atomic mass is 9.88. The molecule has 1 spiro atoms. The Hall–Kier alpha value is -2.73. The fraction of sp³-hybridized carbons (Fsp3) is 0.318. The van der Waals surface area contributed by atoms with Crippen molar-refractivity contribution >= 4 is 34.8 Å². The van der Waals surface area contributed by atoms with Crippen LogP contribution in [0.3, 0.4) is 0 Å². The maximum Gasteiger partial charge on any atom is 0.275 e. The summed E-state index contributed by atoms with van der Waals surface area (Å²) < 4.78 is 13.5. The maximum atomic E-state index is 13.5. The molecule has 0 radical (unpaired) electrons. The summed E-state index contributed by atoms with van der Waals surface area (Å²) in [5.41, 5.74) is 0.636. The summed E-state index contributed by atoms with van der Waals surface area (Å²) in [6.45, 7) is -0.161. The Morgan fingerprint density at radius 1 is 1.14 bits per heavy atom. The van der Waals surface area contributed by atoms with E-state index in [1.165, 1.54) is 12.1 Å². The van der Waals surface area contributed by atoms with Gasteiger partial charge in [-0.1, -0.05) is 48.4 Å². The SMILES string of the molecule is O=C(CN1C(=O)C(c2ccccc2)=NC12CCCCC2)Nc1cc(F)ccc1Cl. The smallest absolute Gasteiger partial charge is 0.275 e. The summed E-state index contributed by atoms with van der Waals surface area (Å²) in [5, 5.41) is 2.86. The topological polar surface area (TPSA) is 61.8 Å². The first-order valence-corrected chi connectivity index (χ1v) is 10.1. The second-order valence-electron chi connectivity index (χ2n) is 7.43. The lowest BCUT2D eigenvalue weighted by Crippen LogP contribution is -2.51. The Labute approximate surface area is 173 Å². The highest BCUT2D eigenvalue weighted by Crippen LogP contribution is 2.39.